The van der Waals surface area contributed by atoms with Crippen LogP contribution in [-0.2, 0) is 9.47 Å². The lowest BCUT2D eigenvalue weighted by molar-refractivity contribution is -0.114. The van der Waals surface area contributed by atoms with Gasteiger partial charge in [-0.1, -0.05) is 0 Å². The van der Waals surface area contributed by atoms with Crippen LogP contribution in [0.4, 0.5) is 0 Å². The fraction of sp³-hybridized carbons (Fsp3) is 1.00. The first-order chi connectivity index (χ1) is 5.83. The summed E-state index contributed by atoms with van der Waals surface area (Å²) in [5.74, 6) is 0. The van der Waals surface area contributed by atoms with Crippen LogP contribution in [0.5, 0.6) is 0 Å². The van der Waals surface area contributed by atoms with E-state index in [1.54, 1.807) is 7.11 Å². The fourth-order valence-corrected chi connectivity index (χ4v) is 1.50. The van der Waals surface area contributed by atoms with Gasteiger partial charge in [-0.3, -0.25) is 0 Å². The summed E-state index contributed by atoms with van der Waals surface area (Å²) < 4.78 is 10.7. The van der Waals surface area contributed by atoms with Crippen molar-refractivity contribution in [2.75, 3.05) is 40.0 Å². The van der Waals surface area contributed by atoms with Crippen LogP contribution in [0, 0.1) is 0 Å². The molecule has 1 rings (SSSR count). The molecule has 0 aromatic rings. The van der Waals surface area contributed by atoms with Crippen molar-refractivity contribution in [3.8, 4) is 0 Å². The van der Waals surface area contributed by atoms with E-state index in [1.165, 1.54) is 0 Å². The third-order valence-electron chi connectivity index (χ3n) is 2.11. The van der Waals surface area contributed by atoms with Crippen molar-refractivity contribution >= 4 is 0 Å². The van der Waals surface area contributed by atoms with Gasteiger partial charge in [-0.2, -0.15) is 0 Å². The topological polar surface area (TPSA) is 50.7 Å². The van der Waals surface area contributed by atoms with Crippen LogP contribution in [0.15, 0.2) is 0 Å². The molecule has 12 heavy (non-hydrogen) atoms. The highest BCUT2D eigenvalue weighted by Gasteiger charge is 2.32. The zero-order valence-corrected chi connectivity index (χ0v) is 7.51. The number of morpholine rings is 1. The SMILES string of the molecule is COC[C@]1(CCO)CNCCO1. The van der Waals surface area contributed by atoms with E-state index >= 15 is 0 Å². The maximum absolute atomic E-state index is 8.85. The molecule has 0 amide bonds. The van der Waals surface area contributed by atoms with Gasteiger partial charge in [0.15, 0.2) is 0 Å². The number of aliphatic hydroxyl groups excluding tert-OH is 1. The molecule has 1 fully saturated rings. The first-order valence-corrected chi connectivity index (χ1v) is 4.27. The first-order valence-electron chi connectivity index (χ1n) is 4.27. The minimum absolute atomic E-state index is 0.144. The normalized spacial score (nSPS) is 30.5. The minimum atomic E-state index is -0.304. The number of aliphatic hydroxyl groups is 1. The van der Waals surface area contributed by atoms with Crippen molar-refractivity contribution in [3.63, 3.8) is 0 Å². The maximum atomic E-state index is 8.85. The number of nitrogens with one attached hydrogen (secondary N) is 1. The van der Waals surface area contributed by atoms with Gasteiger partial charge >= 0.3 is 0 Å². The smallest absolute Gasteiger partial charge is 0.106 e. The molecular formula is C8H17NO3. The Hall–Kier alpha value is -0.160. The molecule has 2 N–H and O–H groups in total. The molecule has 1 atom stereocenters. The van der Waals surface area contributed by atoms with Crippen LogP contribution >= 0.6 is 0 Å². The molecule has 4 nitrogen and oxygen atoms in total. The summed E-state index contributed by atoms with van der Waals surface area (Å²) in [6.45, 7) is 3.03. The Balaban J connectivity index is 2.44. The largest absolute Gasteiger partial charge is 0.396 e. The lowest BCUT2D eigenvalue weighted by Crippen LogP contribution is -2.53. The van der Waals surface area contributed by atoms with Crippen molar-refractivity contribution in [2.45, 2.75) is 12.0 Å². The monoisotopic (exact) mass is 175 g/mol. The van der Waals surface area contributed by atoms with E-state index in [1.807, 2.05) is 0 Å². The molecule has 0 saturated carbocycles. The quantitative estimate of drug-likeness (QED) is 0.597. The van der Waals surface area contributed by atoms with Crippen LogP contribution in [0.25, 0.3) is 0 Å². The van der Waals surface area contributed by atoms with E-state index < -0.39 is 0 Å². The average Bonchev–Trinajstić information content (AvgIpc) is 2.07. The molecule has 0 radical (unpaired) electrons. The summed E-state index contributed by atoms with van der Waals surface area (Å²) in [4.78, 5) is 0. The van der Waals surface area contributed by atoms with Crippen molar-refractivity contribution < 1.29 is 14.6 Å². The Morgan fingerprint density at radius 3 is 3.00 bits per heavy atom. The maximum Gasteiger partial charge on any atom is 0.106 e. The summed E-state index contributed by atoms with van der Waals surface area (Å²) in [7, 11) is 1.65. The van der Waals surface area contributed by atoms with Crippen LogP contribution in [0.3, 0.4) is 0 Å². The summed E-state index contributed by atoms with van der Waals surface area (Å²) in [5.41, 5.74) is -0.304. The van der Waals surface area contributed by atoms with Gasteiger partial charge in [0.25, 0.3) is 0 Å². The predicted octanol–water partition coefficient (Wildman–Crippen LogP) is -0.626. The highest BCUT2D eigenvalue weighted by molar-refractivity contribution is 4.85. The Morgan fingerprint density at radius 2 is 2.50 bits per heavy atom. The molecule has 4 heteroatoms. The number of hydrogen-bond donors (Lipinski definition) is 2. The van der Waals surface area contributed by atoms with Gasteiger partial charge in [-0.25, -0.2) is 0 Å². The molecule has 1 aliphatic rings. The second kappa shape index (κ2) is 4.77. The number of ether oxygens (including phenoxy) is 2. The van der Waals surface area contributed by atoms with Crippen molar-refractivity contribution in [3.05, 3.63) is 0 Å². The molecular weight excluding hydrogens is 158 g/mol. The van der Waals surface area contributed by atoms with Crippen LogP contribution in [0.2, 0.25) is 0 Å². The van der Waals surface area contributed by atoms with Gasteiger partial charge in [-0.05, 0) is 0 Å². The molecule has 72 valence electrons. The number of hydrogen-bond acceptors (Lipinski definition) is 4. The summed E-state index contributed by atoms with van der Waals surface area (Å²) in [6, 6.07) is 0. The molecule has 1 saturated heterocycles. The van der Waals surface area contributed by atoms with Crippen molar-refractivity contribution in [1.29, 1.82) is 0 Å². The molecule has 1 aliphatic heterocycles. The molecule has 0 aromatic carbocycles. The second-order valence-electron chi connectivity index (χ2n) is 3.11. The lowest BCUT2D eigenvalue weighted by atomic mass is 10.00. The molecule has 0 unspecified atom stereocenters. The molecule has 1 heterocycles. The van der Waals surface area contributed by atoms with E-state index in [0.717, 1.165) is 13.1 Å². The molecule has 0 aromatic heterocycles. The molecule has 0 bridgehead atoms. The first kappa shape index (κ1) is 9.92. The van der Waals surface area contributed by atoms with Crippen LogP contribution < -0.4 is 5.32 Å². The highest BCUT2D eigenvalue weighted by atomic mass is 16.5. The van der Waals surface area contributed by atoms with Crippen molar-refractivity contribution in [1.82, 2.24) is 5.32 Å². The average molecular weight is 175 g/mol. The van der Waals surface area contributed by atoms with Crippen LogP contribution in [-0.4, -0.2) is 50.7 Å². The summed E-state index contributed by atoms with van der Waals surface area (Å²) in [5, 5.41) is 12.1. The predicted molar refractivity (Wildman–Crippen MR) is 45.1 cm³/mol. The third-order valence-corrected chi connectivity index (χ3v) is 2.11. The Kier molecular flexibility index (Phi) is 3.94. The van der Waals surface area contributed by atoms with E-state index in [9.17, 15) is 0 Å². The molecule has 0 spiro atoms. The van der Waals surface area contributed by atoms with Gasteiger partial charge in [0.05, 0.1) is 13.2 Å². The zero-order valence-electron chi connectivity index (χ0n) is 7.51. The fourth-order valence-electron chi connectivity index (χ4n) is 1.50. The summed E-state index contributed by atoms with van der Waals surface area (Å²) >= 11 is 0. The van der Waals surface area contributed by atoms with Gasteiger partial charge in [0, 0.05) is 33.2 Å². The van der Waals surface area contributed by atoms with Gasteiger partial charge in [-0.15, -0.1) is 0 Å². The van der Waals surface area contributed by atoms with E-state index in [-0.39, 0.29) is 12.2 Å². The van der Waals surface area contributed by atoms with Crippen LogP contribution in [0.1, 0.15) is 6.42 Å². The van der Waals surface area contributed by atoms with Gasteiger partial charge in [0.1, 0.15) is 5.60 Å². The number of rotatable bonds is 4. The lowest BCUT2D eigenvalue weighted by Gasteiger charge is -2.36. The Bertz CT molecular complexity index is 108. The Labute approximate surface area is 72.9 Å². The van der Waals surface area contributed by atoms with Crippen molar-refractivity contribution in [2.24, 2.45) is 0 Å². The van der Waals surface area contributed by atoms with Gasteiger partial charge in [0.2, 0.25) is 0 Å². The Morgan fingerprint density at radius 1 is 1.67 bits per heavy atom. The third kappa shape index (κ3) is 2.42. The molecule has 0 aliphatic carbocycles. The minimum Gasteiger partial charge on any atom is -0.396 e. The van der Waals surface area contributed by atoms with E-state index in [2.05, 4.69) is 5.32 Å². The standard InChI is InChI=1S/C8H17NO3/c1-11-7-8(2-4-10)6-9-3-5-12-8/h9-10H,2-7H2,1H3/t8-/m0/s1. The zero-order chi connectivity index (χ0) is 8.86. The van der Waals surface area contributed by atoms with Gasteiger partial charge < -0.3 is 19.9 Å². The van der Waals surface area contributed by atoms with E-state index in [0.29, 0.717) is 19.6 Å². The van der Waals surface area contributed by atoms with E-state index in [4.69, 9.17) is 14.6 Å². The summed E-state index contributed by atoms with van der Waals surface area (Å²) in [6.07, 6.45) is 0.633. The number of methoxy groups -OCH3 is 1. The second-order valence-corrected chi connectivity index (χ2v) is 3.11. The highest BCUT2D eigenvalue weighted by Crippen LogP contribution is 2.17.